The Morgan fingerprint density at radius 2 is 1.77 bits per heavy atom. The van der Waals surface area contributed by atoms with Crippen LogP contribution in [0, 0.1) is 6.92 Å². The standard InChI is InChI=1S/C24H31N3O4/c1-16-11-18(24(29)27-10-6-5-7-17(27)2)8-9-22(16)25-15-23(28)26-19-12-20(30-3)14-21(13-19)31-4/h8-9,11-14,17,25H,5-7,10,15H2,1-4H3,(H,26,28). The molecule has 0 saturated carbocycles. The molecule has 0 aromatic heterocycles. The number of methoxy groups -OCH3 is 2. The van der Waals surface area contributed by atoms with Crippen LogP contribution in [0.4, 0.5) is 11.4 Å². The summed E-state index contributed by atoms with van der Waals surface area (Å²) in [6.45, 7) is 4.95. The second-order valence-corrected chi connectivity index (χ2v) is 7.88. The number of ether oxygens (including phenoxy) is 2. The highest BCUT2D eigenvalue weighted by molar-refractivity contribution is 5.96. The second-order valence-electron chi connectivity index (χ2n) is 7.88. The molecule has 1 fully saturated rings. The van der Waals surface area contributed by atoms with Crippen molar-refractivity contribution in [3.8, 4) is 11.5 Å². The van der Waals surface area contributed by atoms with E-state index in [9.17, 15) is 9.59 Å². The molecule has 0 spiro atoms. The largest absolute Gasteiger partial charge is 0.497 e. The average Bonchev–Trinajstić information content (AvgIpc) is 2.77. The van der Waals surface area contributed by atoms with Crippen molar-refractivity contribution < 1.29 is 19.1 Å². The number of piperidine rings is 1. The predicted molar refractivity (Wildman–Crippen MR) is 122 cm³/mol. The molecule has 7 heteroatoms. The fourth-order valence-electron chi connectivity index (χ4n) is 3.82. The van der Waals surface area contributed by atoms with Crippen molar-refractivity contribution in [3.05, 3.63) is 47.5 Å². The zero-order valence-corrected chi connectivity index (χ0v) is 18.7. The molecule has 2 aromatic carbocycles. The minimum atomic E-state index is -0.197. The molecule has 1 saturated heterocycles. The number of hydrogen-bond donors (Lipinski definition) is 2. The number of benzene rings is 2. The molecule has 1 heterocycles. The third-order valence-electron chi connectivity index (χ3n) is 5.61. The number of nitrogens with one attached hydrogen (secondary N) is 2. The summed E-state index contributed by atoms with van der Waals surface area (Å²) in [5.74, 6) is 1.08. The molecule has 1 aliphatic rings. The number of nitrogens with zero attached hydrogens (tertiary/aromatic N) is 1. The minimum Gasteiger partial charge on any atom is -0.497 e. The Morgan fingerprint density at radius 3 is 2.39 bits per heavy atom. The van der Waals surface area contributed by atoms with E-state index in [1.54, 1.807) is 32.4 Å². The van der Waals surface area contributed by atoms with Gasteiger partial charge in [0.1, 0.15) is 11.5 Å². The van der Waals surface area contributed by atoms with Crippen molar-refractivity contribution in [2.24, 2.45) is 0 Å². The van der Waals surface area contributed by atoms with Crippen molar-refractivity contribution in [1.29, 1.82) is 0 Å². The second kappa shape index (κ2) is 10.2. The van der Waals surface area contributed by atoms with E-state index < -0.39 is 0 Å². The summed E-state index contributed by atoms with van der Waals surface area (Å²) in [7, 11) is 3.12. The third kappa shape index (κ3) is 5.69. The van der Waals surface area contributed by atoms with Gasteiger partial charge in [0.05, 0.1) is 20.8 Å². The maximum Gasteiger partial charge on any atom is 0.254 e. The third-order valence-corrected chi connectivity index (χ3v) is 5.61. The molecule has 0 radical (unpaired) electrons. The van der Waals surface area contributed by atoms with Crippen LogP contribution >= 0.6 is 0 Å². The van der Waals surface area contributed by atoms with E-state index in [4.69, 9.17) is 9.47 Å². The number of rotatable bonds is 7. The molecular weight excluding hydrogens is 394 g/mol. The van der Waals surface area contributed by atoms with Gasteiger partial charge in [-0.2, -0.15) is 0 Å². The van der Waals surface area contributed by atoms with Gasteiger partial charge in [-0.1, -0.05) is 0 Å². The number of carbonyl (C=O) groups is 2. The van der Waals surface area contributed by atoms with Crippen LogP contribution in [-0.4, -0.2) is 50.1 Å². The first kappa shape index (κ1) is 22.5. The van der Waals surface area contributed by atoms with Crippen LogP contribution in [0.3, 0.4) is 0 Å². The summed E-state index contributed by atoms with van der Waals surface area (Å²) in [6, 6.07) is 11.0. The first-order valence-electron chi connectivity index (χ1n) is 10.6. The lowest BCUT2D eigenvalue weighted by atomic mass is 10.0. The van der Waals surface area contributed by atoms with Crippen LogP contribution in [0.25, 0.3) is 0 Å². The lowest BCUT2D eigenvalue weighted by Gasteiger charge is -2.33. The number of amides is 2. The van der Waals surface area contributed by atoms with Gasteiger partial charge in [-0.25, -0.2) is 0 Å². The van der Waals surface area contributed by atoms with Crippen LogP contribution in [0.15, 0.2) is 36.4 Å². The molecule has 1 unspecified atom stereocenters. The summed E-state index contributed by atoms with van der Waals surface area (Å²) < 4.78 is 10.5. The molecule has 7 nitrogen and oxygen atoms in total. The number of likely N-dealkylation sites (tertiary alicyclic amines) is 1. The molecule has 2 N–H and O–H groups in total. The van der Waals surface area contributed by atoms with E-state index in [-0.39, 0.29) is 24.4 Å². The van der Waals surface area contributed by atoms with Gasteiger partial charge in [-0.15, -0.1) is 0 Å². The normalized spacial score (nSPS) is 15.9. The first-order valence-corrected chi connectivity index (χ1v) is 10.6. The van der Waals surface area contributed by atoms with Gasteiger partial charge in [0.15, 0.2) is 0 Å². The maximum atomic E-state index is 12.9. The van der Waals surface area contributed by atoms with Crippen molar-refractivity contribution in [2.45, 2.75) is 39.2 Å². The molecule has 1 atom stereocenters. The SMILES string of the molecule is COc1cc(NC(=O)CNc2ccc(C(=O)N3CCCCC3C)cc2C)cc(OC)c1. The Morgan fingerprint density at radius 1 is 1.06 bits per heavy atom. The highest BCUT2D eigenvalue weighted by Gasteiger charge is 2.24. The molecule has 31 heavy (non-hydrogen) atoms. The Balaban J connectivity index is 1.60. The molecule has 0 bridgehead atoms. The minimum absolute atomic E-state index is 0.0755. The lowest BCUT2D eigenvalue weighted by molar-refractivity contribution is -0.114. The quantitative estimate of drug-likeness (QED) is 0.699. The van der Waals surface area contributed by atoms with E-state index in [2.05, 4.69) is 17.6 Å². The van der Waals surface area contributed by atoms with E-state index in [0.29, 0.717) is 22.7 Å². The van der Waals surface area contributed by atoms with Gasteiger partial charge >= 0.3 is 0 Å². The Bertz CT molecular complexity index is 922. The van der Waals surface area contributed by atoms with E-state index in [1.165, 1.54) is 6.42 Å². The molecule has 1 aliphatic heterocycles. The smallest absolute Gasteiger partial charge is 0.254 e. The summed E-state index contributed by atoms with van der Waals surface area (Å²) in [6.07, 6.45) is 3.29. The van der Waals surface area contributed by atoms with Gasteiger partial charge in [-0.3, -0.25) is 9.59 Å². The van der Waals surface area contributed by atoms with Crippen molar-refractivity contribution in [1.82, 2.24) is 4.90 Å². The summed E-state index contributed by atoms with van der Waals surface area (Å²) in [5.41, 5.74) is 3.02. The van der Waals surface area contributed by atoms with E-state index >= 15 is 0 Å². The van der Waals surface area contributed by atoms with Crippen LogP contribution in [0.1, 0.15) is 42.1 Å². The number of hydrogen-bond acceptors (Lipinski definition) is 5. The molecule has 2 amide bonds. The average molecular weight is 426 g/mol. The highest BCUT2D eigenvalue weighted by atomic mass is 16.5. The van der Waals surface area contributed by atoms with E-state index in [0.717, 1.165) is 30.6 Å². The molecule has 0 aliphatic carbocycles. The fraction of sp³-hybridized carbons (Fsp3) is 0.417. The molecule has 2 aromatic rings. The zero-order chi connectivity index (χ0) is 22.4. The molecular formula is C24H31N3O4. The van der Waals surface area contributed by atoms with Crippen LogP contribution in [0.2, 0.25) is 0 Å². The monoisotopic (exact) mass is 425 g/mol. The Labute approximate surface area is 183 Å². The number of carbonyl (C=O) groups excluding carboxylic acids is 2. The van der Waals surface area contributed by atoms with Gasteiger partial charge < -0.3 is 25.0 Å². The van der Waals surface area contributed by atoms with Crippen LogP contribution in [0.5, 0.6) is 11.5 Å². The molecule has 3 rings (SSSR count). The molecule has 166 valence electrons. The number of anilines is 2. The van der Waals surface area contributed by atoms with Crippen LogP contribution in [-0.2, 0) is 4.79 Å². The van der Waals surface area contributed by atoms with E-state index in [1.807, 2.05) is 30.0 Å². The van der Waals surface area contributed by atoms with Gasteiger partial charge in [0, 0.05) is 47.7 Å². The topological polar surface area (TPSA) is 79.9 Å². The summed E-state index contributed by atoms with van der Waals surface area (Å²) >= 11 is 0. The zero-order valence-electron chi connectivity index (χ0n) is 18.7. The lowest BCUT2D eigenvalue weighted by Crippen LogP contribution is -2.42. The predicted octanol–water partition coefficient (Wildman–Crippen LogP) is 4.08. The van der Waals surface area contributed by atoms with Gasteiger partial charge in [-0.05, 0) is 56.9 Å². The van der Waals surface area contributed by atoms with Crippen molar-refractivity contribution in [3.63, 3.8) is 0 Å². The van der Waals surface area contributed by atoms with Crippen molar-refractivity contribution in [2.75, 3.05) is 37.9 Å². The summed E-state index contributed by atoms with van der Waals surface area (Å²) in [4.78, 5) is 27.2. The highest BCUT2D eigenvalue weighted by Crippen LogP contribution is 2.26. The maximum absolute atomic E-state index is 12.9. The van der Waals surface area contributed by atoms with Crippen molar-refractivity contribution >= 4 is 23.2 Å². The summed E-state index contributed by atoms with van der Waals surface area (Å²) in [5, 5.41) is 5.98. The fourth-order valence-corrected chi connectivity index (χ4v) is 3.82. The van der Waals surface area contributed by atoms with Crippen LogP contribution < -0.4 is 20.1 Å². The first-order chi connectivity index (χ1) is 14.9. The Hall–Kier alpha value is -3.22. The number of aryl methyl sites for hydroxylation is 1. The Kier molecular flexibility index (Phi) is 7.39. The van der Waals surface area contributed by atoms with Gasteiger partial charge in [0.25, 0.3) is 5.91 Å². The van der Waals surface area contributed by atoms with Gasteiger partial charge in [0.2, 0.25) is 5.91 Å².